The molecule has 1 fully saturated rings. The van der Waals surface area contributed by atoms with Crippen molar-refractivity contribution < 1.29 is 0 Å². The number of rotatable bonds is 6. The molecular formula is C30H45P. The summed E-state index contributed by atoms with van der Waals surface area (Å²) in [5.41, 5.74) is 7.62. The Kier molecular flexibility index (Phi) is 7.42. The van der Waals surface area contributed by atoms with Crippen molar-refractivity contribution in [3.63, 3.8) is 0 Å². The first-order chi connectivity index (χ1) is 14.4. The van der Waals surface area contributed by atoms with Gasteiger partial charge in [0.05, 0.1) is 0 Å². The van der Waals surface area contributed by atoms with Crippen LogP contribution in [0.4, 0.5) is 0 Å². The number of hydrogen-bond donors (Lipinski definition) is 0. The Balaban J connectivity index is 2.29. The van der Waals surface area contributed by atoms with Gasteiger partial charge in [0.15, 0.2) is 0 Å². The number of aryl methyl sites for hydroxylation is 1. The predicted octanol–water partition coefficient (Wildman–Crippen LogP) is 8.91. The van der Waals surface area contributed by atoms with Crippen LogP contribution in [0.1, 0.15) is 91.3 Å². The van der Waals surface area contributed by atoms with Crippen LogP contribution in [0.15, 0.2) is 36.4 Å². The van der Waals surface area contributed by atoms with E-state index in [1.54, 1.807) is 22.0 Å². The highest BCUT2D eigenvalue weighted by atomic mass is 31.1. The third-order valence-corrected chi connectivity index (χ3v) is 10.6. The predicted molar refractivity (Wildman–Crippen MR) is 142 cm³/mol. The van der Waals surface area contributed by atoms with Crippen LogP contribution in [0, 0.1) is 18.8 Å². The molecule has 0 aliphatic carbocycles. The fourth-order valence-electron chi connectivity index (χ4n) is 6.02. The second-order valence-electron chi connectivity index (χ2n) is 12.0. The second-order valence-corrected chi connectivity index (χ2v) is 15.6. The Morgan fingerprint density at radius 3 is 1.77 bits per heavy atom. The summed E-state index contributed by atoms with van der Waals surface area (Å²) in [5.74, 6) is 1.32. The zero-order valence-corrected chi connectivity index (χ0v) is 22.5. The summed E-state index contributed by atoms with van der Waals surface area (Å²) in [7, 11) is -0.271. The van der Waals surface area contributed by atoms with E-state index in [1.165, 1.54) is 30.4 Å². The van der Waals surface area contributed by atoms with E-state index in [1.807, 2.05) is 0 Å². The van der Waals surface area contributed by atoms with Gasteiger partial charge < -0.3 is 0 Å². The summed E-state index contributed by atoms with van der Waals surface area (Å²) < 4.78 is 0. The first kappa shape index (κ1) is 24.5. The maximum absolute atomic E-state index is 2.54. The SMILES string of the molecule is Cc1cc(CC(C)C)c(-c2ccccc2P2C(C)(C)CCCC2(C)C)c(CC(C)C)c1. The van der Waals surface area contributed by atoms with E-state index in [-0.39, 0.29) is 7.92 Å². The van der Waals surface area contributed by atoms with E-state index in [0.717, 1.165) is 12.8 Å². The average Bonchev–Trinajstić information content (AvgIpc) is 2.59. The lowest BCUT2D eigenvalue weighted by molar-refractivity contribution is 0.471. The van der Waals surface area contributed by atoms with Gasteiger partial charge in [0.25, 0.3) is 0 Å². The lowest BCUT2D eigenvalue weighted by Gasteiger charge is -2.50. The molecule has 1 heterocycles. The van der Waals surface area contributed by atoms with Gasteiger partial charge in [0, 0.05) is 0 Å². The molecule has 0 radical (unpaired) electrons. The smallest absolute Gasteiger partial charge is 0.0101 e. The molecule has 0 amide bonds. The largest absolute Gasteiger partial charge is 0.0631 e. The van der Waals surface area contributed by atoms with Gasteiger partial charge in [0.2, 0.25) is 0 Å². The molecule has 2 aromatic rings. The molecule has 1 saturated heterocycles. The van der Waals surface area contributed by atoms with Crippen molar-refractivity contribution in [1.29, 1.82) is 0 Å². The Morgan fingerprint density at radius 1 is 0.806 bits per heavy atom. The second kappa shape index (κ2) is 9.39. The molecule has 0 aromatic heterocycles. The Bertz CT molecular complexity index is 853. The number of benzene rings is 2. The van der Waals surface area contributed by atoms with E-state index >= 15 is 0 Å². The van der Waals surface area contributed by atoms with Crippen molar-refractivity contribution in [1.82, 2.24) is 0 Å². The van der Waals surface area contributed by atoms with E-state index < -0.39 is 0 Å². The topological polar surface area (TPSA) is 0 Å². The monoisotopic (exact) mass is 436 g/mol. The van der Waals surface area contributed by atoms with Crippen LogP contribution in [0.2, 0.25) is 0 Å². The normalized spacial score (nSPS) is 18.7. The van der Waals surface area contributed by atoms with Crippen LogP contribution >= 0.6 is 7.92 Å². The molecule has 0 atom stereocenters. The maximum Gasteiger partial charge on any atom is -0.0101 e. The van der Waals surface area contributed by atoms with Crippen molar-refractivity contribution in [2.24, 2.45) is 11.8 Å². The van der Waals surface area contributed by atoms with Crippen molar-refractivity contribution in [3.8, 4) is 11.1 Å². The summed E-state index contributed by atoms with van der Waals surface area (Å²) >= 11 is 0. The molecule has 0 unspecified atom stereocenters. The average molecular weight is 437 g/mol. The molecule has 0 nitrogen and oxygen atoms in total. The van der Waals surface area contributed by atoms with E-state index in [0.29, 0.717) is 22.1 Å². The van der Waals surface area contributed by atoms with Crippen molar-refractivity contribution in [2.75, 3.05) is 0 Å². The minimum atomic E-state index is -0.271. The summed E-state index contributed by atoms with van der Waals surface area (Å²) in [5, 5.41) is 2.41. The van der Waals surface area contributed by atoms with Crippen LogP contribution in [0.25, 0.3) is 11.1 Å². The van der Waals surface area contributed by atoms with Crippen LogP contribution in [0.3, 0.4) is 0 Å². The molecule has 0 spiro atoms. The fraction of sp³-hybridized carbons (Fsp3) is 0.600. The number of hydrogen-bond acceptors (Lipinski definition) is 0. The van der Waals surface area contributed by atoms with E-state index in [4.69, 9.17) is 0 Å². The maximum atomic E-state index is 2.54. The molecule has 31 heavy (non-hydrogen) atoms. The summed E-state index contributed by atoms with van der Waals surface area (Å²) in [6.45, 7) is 21.9. The molecule has 0 bridgehead atoms. The zero-order valence-electron chi connectivity index (χ0n) is 21.6. The van der Waals surface area contributed by atoms with Crippen molar-refractivity contribution >= 4 is 13.2 Å². The fourth-order valence-corrected chi connectivity index (χ4v) is 10.4. The third-order valence-electron chi connectivity index (χ3n) is 6.90. The summed E-state index contributed by atoms with van der Waals surface area (Å²) in [6, 6.07) is 14.4. The lowest BCUT2D eigenvalue weighted by atomic mass is 9.85. The van der Waals surface area contributed by atoms with E-state index in [2.05, 4.69) is 98.7 Å². The highest BCUT2D eigenvalue weighted by molar-refractivity contribution is 7.69. The highest BCUT2D eigenvalue weighted by Gasteiger charge is 2.45. The van der Waals surface area contributed by atoms with Gasteiger partial charge in [-0.15, -0.1) is 0 Å². The van der Waals surface area contributed by atoms with Crippen LogP contribution in [-0.2, 0) is 12.8 Å². The molecule has 1 heteroatoms. The Hall–Kier alpha value is -1.13. The third kappa shape index (κ3) is 5.45. The molecule has 1 aliphatic rings. The standard InChI is InChI=1S/C30H45P/c1-21(2)17-24-19-23(5)20-25(18-22(3)4)28(24)26-13-10-11-14-27(26)31-29(6,7)15-12-16-30(31,8)9/h10-11,13-14,19-22H,12,15-18H2,1-9H3. The van der Waals surface area contributed by atoms with Gasteiger partial charge in [-0.2, -0.15) is 0 Å². The first-order valence-corrected chi connectivity index (χ1v) is 13.8. The molecule has 1 aliphatic heterocycles. The van der Waals surface area contributed by atoms with Gasteiger partial charge in [-0.25, -0.2) is 0 Å². The van der Waals surface area contributed by atoms with Gasteiger partial charge in [-0.3, -0.25) is 0 Å². The quantitative estimate of drug-likeness (QED) is 0.397. The first-order valence-electron chi connectivity index (χ1n) is 12.4. The van der Waals surface area contributed by atoms with Gasteiger partial charge in [0.1, 0.15) is 0 Å². The van der Waals surface area contributed by atoms with Gasteiger partial charge in [-0.1, -0.05) is 112 Å². The molecule has 2 aromatic carbocycles. The van der Waals surface area contributed by atoms with Crippen molar-refractivity contribution in [2.45, 2.75) is 105 Å². The van der Waals surface area contributed by atoms with Gasteiger partial charge >= 0.3 is 0 Å². The Labute approximate surface area is 194 Å². The molecule has 3 rings (SSSR count). The minimum absolute atomic E-state index is 0.271. The molecule has 170 valence electrons. The van der Waals surface area contributed by atoms with Crippen LogP contribution in [-0.4, -0.2) is 10.3 Å². The summed E-state index contributed by atoms with van der Waals surface area (Å²) in [6.07, 6.45) is 6.37. The highest BCUT2D eigenvalue weighted by Crippen LogP contribution is 2.65. The molecule has 0 N–H and O–H groups in total. The Morgan fingerprint density at radius 2 is 1.29 bits per heavy atom. The van der Waals surface area contributed by atoms with Crippen LogP contribution < -0.4 is 5.30 Å². The van der Waals surface area contributed by atoms with Crippen LogP contribution in [0.5, 0.6) is 0 Å². The summed E-state index contributed by atoms with van der Waals surface area (Å²) in [4.78, 5) is 0. The minimum Gasteiger partial charge on any atom is -0.0631 e. The van der Waals surface area contributed by atoms with Gasteiger partial charge in [-0.05, 0) is 82.3 Å². The molecular weight excluding hydrogens is 391 g/mol. The lowest BCUT2D eigenvalue weighted by Crippen LogP contribution is -2.39. The van der Waals surface area contributed by atoms with E-state index in [9.17, 15) is 0 Å². The van der Waals surface area contributed by atoms with Crippen molar-refractivity contribution in [3.05, 3.63) is 53.1 Å². The zero-order chi connectivity index (χ0) is 23.0. The molecule has 0 saturated carbocycles.